The van der Waals surface area contributed by atoms with Gasteiger partial charge in [-0.3, -0.25) is 14.3 Å². The number of nitrogens with two attached hydrogens (primary N) is 1. The molecule has 0 unspecified atom stereocenters. The van der Waals surface area contributed by atoms with Crippen LogP contribution in [0.4, 0.5) is 0 Å². The van der Waals surface area contributed by atoms with Gasteiger partial charge in [-0.1, -0.05) is 24.0 Å². The number of likely N-dealkylation sites (tertiary alicyclic amines) is 1. The van der Waals surface area contributed by atoms with Gasteiger partial charge in [-0.25, -0.2) is 4.68 Å². The lowest BCUT2D eigenvalue weighted by molar-refractivity contribution is -0.137. The Labute approximate surface area is 195 Å². The molecule has 0 aliphatic carbocycles. The number of aryl methyl sites for hydroxylation is 1. The Kier molecular flexibility index (Phi) is 4.96. The molecule has 0 saturated carbocycles. The predicted octanol–water partition coefficient (Wildman–Crippen LogP) is 1.47. The normalized spacial score (nSPS) is 17.7. The highest BCUT2D eigenvalue weighted by molar-refractivity contribution is 6.05. The number of benzene rings is 2. The number of aliphatic hydroxyl groups is 1. The molecule has 2 amide bonds. The Morgan fingerprint density at radius 2 is 1.97 bits per heavy atom. The van der Waals surface area contributed by atoms with Crippen molar-refractivity contribution < 1.29 is 14.7 Å². The van der Waals surface area contributed by atoms with Crippen LogP contribution in [0.5, 0.6) is 0 Å². The molecule has 0 spiro atoms. The zero-order valence-electron chi connectivity index (χ0n) is 18.7. The van der Waals surface area contributed by atoms with E-state index >= 15 is 0 Å². The van der Waals surface area contributed by atoms with Crippen molar-refractivity contribution in [3.05, 3.63) is 66.0 Å². The first-order valence-corrected chi connectivity index (χ1v) is 10.7. The second-order valence-corrected chi connectivity index (χ2v) is 8.37. The van der Waals surface area contributed by atoms with Gasteiger partial charge < -0.3 is 15.7 Å². The third-order valence-electron chi connectivity index (χ3n) is 5.94. The number of amides is 2. The molecule has 170 valence electrons. The van der Waals surface area contributed by atoms with Crippen LogP contribution in [0.3, 0.4) is 0 Å². The van der Waals surface area contributed by atoms with Gasteiger partial charge in [0, 0.05) is 49.8 Å². The first-order chi connectivity index (χ1) is 16.2. The minimum atomic E-state index is -1.68. The fraction of sp³-hybridized carbons (Fsp3) is 0.200. The summed E-state index contributed by atoms with van der Waals surface area (Å²) in [5.41, 5.74) is 7.68. The minimum Gasteiger partial charge on any atom is -0.369 e. The smallest absolute Gasteiger partial charge is 0.269 e. The van der Waals surface area contributed by atoms with Crippen LogP contribution in [0.2, 0.25) is 0 Å². The first-order valence-electron chi connectivity index (χ1n) is 10.7. The Bertz CT molecular complexity index is 1520. The Morgan fingerprint density at radius 3 is 2.65 bits per heavy atom. The highest BCUT2D eigenvalue weighted by Crippen LogP contribution is 2.28. The van der Waals surface area contributed by atoms with E-state index in [-0.39, 0.29) is 12.1 Å². The molecular weight excluding hydrogens is 432 g/mol. The van der Waals surface area contributed by atoms with Crippen molar-refractivity contribution in [2.24, 2.45) is 12.8 Å². The van der Waals surface area contributed by atoms with Gasteiger partial charge >= 0.3 is 0 Å². The van der Waals surface area contributed by atoms with E-state index in [2.05, 4.69) is 22.0 Å². The number of carbonyl (C=O) groups is 2. The van der Waals surface area contributed by atoms with E-state index in [0.717, 1.165) is 11.3 Å². The maximum atomic E-state index is 12.2. The maximum absolute atomic E-state index is 12.2. The maximum Gasteiger partial charge on any atom is 0.269 e. The van der Waals surface area contributed by atoms with E-state index in [1.54, 1.807) is 34.6 Å². The SMILES string of the molecule is CN1CC[C@@](O)(C#Cc2cccc(-n3nc(C(N)=O)c4cc(-c5ccn(C)n5)ccc43)c2)C1=O. The van der Waals surface area contributed by atoms with Crippen LogP contribution < -0.4 is 5.73 Å². The average Bonchev–Trinajstić information content (AvgIpc) is 3.50. The summed E-state index contributed by atoms with van der Waals surface area (Å²) in [5, 5.41) is 20.1. The molecule has 34 heavy (non-hydrogen) atoms. The first kappa shape index (κ1) is 21.4. The Hall–Kier alpha value is -4.42. The van der Waals surface area contributed by atoms with Crippen molar-refractivity contribution in [2.75, 3.05) is 13.6 Å². The van der Waals surface area contributed by atoms with Crippen LogP contribution in [-0.2, 0) is 11.8 Å². The summed E-state index contributed by atoms with van der Waals surface area (Å²) in [6.07, 6.45) is 2.11. The fourth-order valence-corrected chi connectivity index (χ4v) is 4.09. The molecule has 1 aliphatic rings. The zero-order chi connectivity index (χ0) is 24.0. The molecule has 3 N–H and O–H groups in total. The van der Waals surface area contributed by atoms with E-state index < -0.39 is 17.4 Å². The van der Waals surface area contributed by atoms with Crippen molar-refractivity contribution in [3.8, 4) is 28.8 Å². The molecule has 1 atom stereocenters. The molecule has 2 aromatic heterocycles. The second kappa shape index (κ2) is 7.86. The van der Waals surface area contributed by atoms with E-state index in [1.807, 2.05) is 43.6 Å². The van der Waals surface area contributed by atoms with Crippen LogP contribution in [0.15, 0.2) is 54.7 Å². The average molecular weight is 454 g/mol. The Balaban J connectivity index is 1.57. The quantitative estimate of drug-likeness (QED) is 0.455. The molecule has 1 aliphatic heterocycles. The number of hydrogen-bond acceptors (Lipinski definition) is 5. The lowest BCUT2D eigenvalue weighted by atomic mass is 10.0. The number of hydrogen-bond donors (Lipinski definition) is 2. The summed E-state index contributed by atoms with van der Waals surface area (Å²) in [6, 6.07) is 14.7. The van der Waals surface area contributed by atoms with Gasteiger partial charge in [-0.15, -0.1) is 0 Å². The number of rotatable bonds is 3. The molecule has 5 rings (SSSR count). The highest BCUT2D eigenvalue weighted by Gasteiger charge is 2.42. The topological polar surface area (TPSA) is 119 Å². The molecule has 4 aromatic rings. The molecule has 0 radical (unpaired) electrons. The Morgan fingerprint density at radius 1 is 1.15 bits per heavy atom. The molecule has 3 heterocycles. The van der Waals surface area contributed by atoms with Crippen molar-refractivity contribution in [1.82, 2.24) is 24.5 Å². The number of nitrogens with zero attached hydrogens (tertiary/aromatic N) is 5. The van der Waals surface area contributed by atoms with Crippen LogP contribution in [0.25, 0.3) is 27.8 Å². The predicted molar refractivity (Wildman–Crippen MR) is 126 cm³/mol. The summed E-state index contributed by atoms with van der Waals surface area (Å²) < 4.78 is 3.34. The zero-order valence-corrected chi connectivity index (χ0v) is 18.7. The van der Waals surface area contributed by atoms with Gasteiger partial charge in [0.25, 0.3) is 11.8 Å². The van der Waals surface area contributed by atoms with Crippen LogP contribution in [-0.4, -0.2) is 60.6 Å². The third-order valence-corrected chi connectivity index (χ3v) is 5.94. The second-order valence-electron chi connectivity index (χ2n) is 8.37. The fourth-order valence-electron chi connectivity index (χ4n) is 4.09. The summed E-state index contributed by atoms with van der Waals surface area (Å²) >= 11 is 0. The summed E-state index contributed by atoms with van der Waals surface area (Å²) in [6.45, 7) is 0.458. The van der Waals surface area contributed by atoms with Gasteiger partial charge in [0.2, 0.25) is 5.60 Å². The number of aromatic nitrogens is 4. The van der Waals surface area contributed by atoms with Crippen molar-refractivity contribution in [3.63, 3.8) is 0 Å². The number of fused-ring (bicyclic) bond motifs is 1. The van der Waals surface area contributed by atoms with Crippen LogP contribution in [0, 0.1) is 11.8 Å². The molecule has 1 saturated heterocycles. The minimum absolute atomic E-state index is 0.151. The van der Waals surface area contributed by atoms with E-state index in [1.165, 1.54) is 4.90 Å². The van der Waals surface area contributed by atoms with Gasteiger partial charge in [0.1, 0.15) is 0 Å². The number of likely N-dealkylation sites (N-methyl/N-ethyl adjacent to an activating group) is 1. The third kappa shape index (κ3) is 3.60. The number of carbonyl (C=O) groups excluding carboxylic acids is 2. The van der Waals surface area contributed by atoms with Crippen molar-refractivity contribution in [1.29, 1.82) is 0 Å². The summed E-state index contributed by atoms with van der Waals surface area (Å²) in [5.74, 6) is 4.60. The lowest BCUT2D eigenvalue weighted by Gasteiger charge is -2.13. The summed E-state index contributed by atoms with van der Waals surface area (Å²) in [4.78, 5) is 25.8. The van der Waals surface area contributed by atoms with Crippen LogP contribution >= 0.6 is 0 Å². The molecule has 9 heteroatoms. The van der Waals surface area contributed by atoms with E-state index in [4.69, 9.17) is 5.73 Å². The van der Waals surface area contributed by atoms with Crippen molar-refractivity contribution >= 4 is 22.7 Å². The van der Waals surface area contributed by atoms with Crippen molar-refractivity contribution in [2.45, 2.75) is 12.0 Å². The summed E-state index contributed by atoms with van der Waals surface area (Å²) in [7, 11) is 3.48. The standard InChI is InChI=1S/C25H22N6O3/c1-29-13-11-25(34,24(29)33)10-8-16-4-3-5-18(14-16)31-21-7-6-17(20-9-12-30(2)27-20)15-19(21)22(28-31)23(26)32/h3-7,9,12,14-15,34H,11,13H2,1-2H3,(H2,26,32)/t25-/m0/s1. The van der Waals surface area contributed by atoms with Gasteiger partial charge in [-0.05, 0) is 36.4 Å². The largest absolute Gasteiger partial charge is 0.369 e. The molecule has 0 bridgehead atoms. The van der Waals surface area contributed by atoms with Gasteiger partial charge in [0.05, 0.1) is 16.9 Å². The van der Waals surface area contributed by atoms with E-state index in [0.29, 0.717) is 28.7 Å². The van der Waals surface area contributed by atoms with Crippen LogP contribution in [0.1, 0.15) is 22.5 Å². The van der Waals surface area contributed by atoms with E-state index in [9.17, 15) is 14.7 Å². The lowest BCUT2D eigenvalue weighted by Crippen LogP contribution is -2.37. The molecule has 9 nitrogen and oxygen atoms in total. The molecule has 1 fully saturated rings. The molecule has 2 aromatic carbocycles. The number of primary amides is 1. The monoisotopic (exact) mass is 454 g/mol. The van der Waals surface area contributed by atoms with Gasteiger partial charge in [0.15, 0.2) is 5.69 Å². The highest BCUT2D eigenvalue weighted by atomic mass is 16.3. The van der Waals surface area contributed by atoms with Gasteiger partial charge in [-0.2, -0.15) is 10.2 Å². The molecular formula is C25H22N6O3.